The Kier molecular flexibility index (Phi) is 5.51. The molecule has 1 aromatic heterocycles. The highest BCUT2D eigenvalue weighted by Crippen LogP contribution is 2.29. The van der Waals surface area contributed by atoms with Crippen LogP contribution in [0.2, 0.25) is 0 Å². The fourth-order valence-corrected chi connectivity index (χ4v) is 4.48. The smallest absolute Gasteiger partial charge is 0.224 e. The quantitative estimate of drug-likeness (QED) is 0.592. The van der Waals surface area contributed by atoms with Crippen LogP contribution >= 0.6 is 0 Å². The maximum absolute atomic E-state index is 11.6. The number of nitrogens with one attached hydrogen (secondary N) is 1. The first kappa shape index (κ1) is 19.9. The summed E-state index contributed by atoms with van der Waals surface area (Å²) in [5, 5.41) is 2.93. The minimum absolute atomic E-state index is 0.0816. The van der Waals surface area contributed by atoms with E-state index in [1.807, 2.05) is 24.3 Å². The summed E-state index contributed by atoms with van der Waals surface area (Å²) >= 11 is 0. The molecule has 0 aliphatic carbocycles. The van der Waals surface area contributed by atoms with Crippen molar-refractivity contribution in [2.45, 2.75) is 38.8 Å². The summed E-state index contributed by atoms with van der Waals surface area (Å²) < 4.78 is 13.7. The molecule has 0 spiro atoms. The van der Waals surface area contributed by atoms with Crippen molar-refractivity contribution in [1.29, 1.82) is 0 Å². The van der Waals surface area contributed by atoms with Gasteiger partial charge in [-0.15, -0.1) is 0 Å². The number of fused-ring (bicyclic) bond motifs is 4. The Morgan fingerprint density at radius 1 is 1.13 bits per heavy atom. The lowest BCUT2D eigenvalue weighted by atomic mass is 10.0. The largest absolute Gasteiger partial charge is 0.494 e. The molecule has 2 aliphatic rings. The van der Waals surface area contributed by atoms with Crippen LogP contribution < -0.4 is 14.8 Å². The topological polar surface area (TPSA) is 68.6 Å². The van der Waals surface area contributed by atoms with Crippen molar-refractivity contribution >= 4 is 22.6 Å². The second-order valence-electron chi connectivity index (χ2n) is 8.21. The lowest BCUT2D eigenvalue weighted by Gasteiger charge is -2.27. The van der Waals surface area contributed by atoms with Crippen LogP contribution in [-0.2, 0) is 24.3 Å². The van der Waals surface area contributed by atoms with Gasteiger partial charge < -0.3 is 19.4 Å². The van der Waals surface area contributed by atoms with Gasteiger partial charge in [0, 0.05) is 31.3 Å². The second-order valence-corrected chi connectivity index (χ2v) is 8.21. The van der Waals surface area contributed by atoms with E-state index in [2.05, 4.69) is 26.9 Å². The van der Waals surface area contributed by atoms with Crippen molar-refractivity contribution in [1.82, 2.24) is 14.5 Å². The predicted octanol–water partition coefficient (Wildman–Crippen LogP) is 3.60. The number of para-hydroxylation sites is 1. The molecule has 7 nitrogen and oxygen atoms in total. The average molecular weight is 421 g/mol. The third-order valence-electron chi connectivity index (χ3n) is 6.16. The minimum Gasteiger partial charge on any atom is -0.494 e. The first-order chi connectivity index (χ1) is 15.2. The molecule has 2 aliphatic heterocycles. The number of amides is 1. The summed E-state index contributed by atoms with van der Waals surface area (Å²) in [7, 11) is 1.70. The van der Waals surface area contributed by atoms with Crippen LogP contribution in [0.1, 0.15) is 30.7 Å². The number of carbonyl (C=O) groups is 1. The molecule has 5 rings (SSSR count). The van der Waals surface area contributed by atoms with Gasteiger partial charge in [0.2, 0.25) is 5.91 Å². The first-order valence-corrected chi connectivity index (χ1v) is 11.0. The van der Waals surface area contributed by atoms with E-state index in [0.29, 0.717) is 13.0 Å². The van der Waals surface area contributed by atoms with Crippen LogP contribution in [0.25, 0.3) is 11.0 Å². The van der Waals surface area contributed by atoms with Gasteiger partial charge in [0.1, 0.15) is 22.8 Å². The highest BCUT2D eigenvalue weighted by molar-refractivity contribution is 5.94. The standard InChI is InChI=1S/C24H28N4O3/c1-30-21-6-4-5-20-24(21)26-22-16-27(12-13-28(20)22)11-2-3-14-31-18-9-7-17-8-10-23(29)25-19(17)15-18/h4-7,9,15H,2-3,8,10-14,16H2,1H3,(H,25,29). The molecule has 162 valence electrons. The van der Waals surface area contributed by atoms with Gasteiger partial charge in [0.05, 0.1) is 25.8 Å². The highest BCUT2D eigenvalue weighted by atomic mass is 16.5. The van der Waals surface area contributed by atoms with Gasteiger partial charge in [-0.2, -0.15) is 0 Å². The molecular weight excluding hydrogens is 392 g/mol. The number of aromatic nitrogens is 2. The number of aryl methyl sites for hydroxylation is 1. The number of hydrogen-bond donors (Lipinski definition) is 1. The van der Waals surface area contributed by atoms with Gasteiger partial charge in [-0.1, -0.05) is 12.1 Å². The molecule has 31 heavy (non-hydrogen) atoms. The van der Waals surface area contributed by atoms with Crippen molar-refractivity contribution < 1.29 is 14.3 Å². The second kappa shape index (κ2) is 8.59. The Labute approximate surface area is 182 Å². The van der Waals surface area contributed by atoms with E-state index in [1.165, 1.54) is 5.56 Å². The maximum Gasteiger partial charge on any atom is 0.224 e. The molecule has 3 heterocycles. The zero-order valence-electron chi connectivity index (χ0n) is 17.9. The number of carbonyl (C=O) groups excluding carboxylic acids is 1. The van der Waals surface area contributed by atoms with E-state index >= 15 is 0 Å². The summed E-state index contributed by atoms with van der Waals surface area (Å²) in [6.07, 6.45) is 3.43. The lowest BCUT2D eigenvalue weighted by Crippen LogP contribution is -2.34. The summed E-state index contributed by atoms with van der Waals surface area (Å²) in [4.78, 5) is 18.9. The third kappa shape index (κ3) is 4.10. The Balaban J connectivity index is 1.11. The Morgan fingerprint density at radius 3 is 2.97 bits per heavy atom. The van der Waals surface area contributed by atoms with Crippen LogP contribution in [0, 0.1) is 0 Å². The van der Waals surface area contributed by atoms with E-state index in [4.69, 9.17) is 14.5 Å². The maximum atomic E-state index is 11.6. The molecule has 0 atom stereocenters. The zero-order chi connectivity index (χ0) is 21.2. The minimum atomic E-state index is 0.0816. The zero-order valence-corrected chi connectivity index (χ0v) is 17.9. The number of imidazole rings is 1. The summed E-state index contributed by atoms with van der Waals surface area (Å²) in [6.45, 7) is 4.56. The van der Waals surface area contributed by atoms with Crippen molar-refractivity contribution in [3.63, 3.8) is 0 Å². The van der Waals surface area contributed by atoms with Crippen LogP contribution in [0.15, 0.2) is 36.4 Å². The predicted molar refractivity (Wildman–Crippen MR) is 120 cm³/mol. The molecule has 1 amide bonds. The number of unbranched alkanes of at least 4 members (excludes halogenated alkanes) is 1. The van der Waals surface area contributed by atoms with Gasteiger partial charge in [0.15, 0.2) is 0 Å². The Morgan fingerprint density at radius 2 is 2.06 bits per heavy atom. The van der Waals surface area contributed by atoms with Gasteiger partial charge in [0.25, 0.3) is 0 Å². The molecule has 0 unspecified atom stereocenters. The van der Waals surface area contributed by atoms with E-state index < -0.39 is 0 Å². The Hall–Kier alpha value is -3.06. The van der Waals surface area contributed by atoms with Crippen LogP contribution in [0.3, 0.4) is 0 Å². The number of rotatable bonds is 7. The molecule has 2 aromatic carbocycles. The molecule has 1 N–H and O–H groups in total. The molecule has 0 fully saturated rings. The van der Waals surface area contributed by atoms with E-state index in [0.717, 1.165) is 79.5 Å². The molecule has 0 saturated heterocycles. The van der Waals surface area contributed by atoms with E-state index in [1.54, 1.807) is 7.11 Å². The number of anilines is 1. The monoisotopic (exact) mass is 420 g/mol. The van der Waals surface area contributed by atoms with Gasteiger partial charge in [-0.25, -0.2) is 4.98 Å². The fourth-order valence-electron chi connectivity index (χ4n) is 4.48. The third-order valence-corrected chi connectivity index (χ3v) is 6.16. The molecule has 3 aromatic rings. The van der Waals surface area contributed by atoms with Gasteiger partial charge >= 0.3 is 0 Å². The lowest BCUT2D eigenvalue weighted by molar-refractivity contribution is -0.116. The number of ether oxygens (including phenoxy) is 2. The normalized spacial score (nSPS) is 16.0. The average Bonchev–Trinajstić information content (AvgIpc) is 3.16. The first-order valence-electron chi connectivity index (χ1n) is 11.0. The molecule has 0 bridgehead atoms. The number of hydrogen-bond acceptors (Lipinski definition) is 5. The van der Waals surface area contributed by atoms with E-state index in [9.17, 15) is 4.79 Å². The number of benzene rings is 2. The van der Waals surface area contributed by atoms with Crippen LogP contribution in [0.4, 0.5) is 5.69 Å². The van der Waals surface area contributed by atoms with Crippen LogP contribution in [-0.4, -0.2) is 47.2 Å². The van der Waals surface area contributed by atoms with E-state index in [-0.39, 0.29) is 5.91 Å². The van der Waals surface area contributed by atoms with Crippen molar-refractivity contribution in [3.05, 3.63) is 47.8 Å². The molecule has 0 radical (unpaired) electrons. The summed E-state index contributed by atoms with van der Waals surface area (Å²) in [6, 6.07) is 12.1. The van der Waals surface area contributed by atoms with Crippen molar-refractivity contribution in [2.75, 3.05) is 32.1 Å². The molecule has 0 saturated carbocycles. The summed E-state index contributed by atoms with van der Waals surface area (Å²) in [5.41, 5.74) is 4.18. The van der Waals surface area contributed by atoms with Crippen molar-refractivity contribution in [3.8, 4) is 11.5 Å². The molecule has 7 heteroatoms. The van der Waals surface area contributed by atoms with Gasteiger partial charge in [-0.05, 0) is 49.6 Å². The Bertz CT molecular complexity index is 1110. The van der Waals surface area contributed by atoms with Gasteiger partial charge in [-0.3, -0.25) is 9.69 Å². The summed E-state index contributed by atoms with van der Waals surface area (Å²) in [5.74, 6) is 2.85. The highest BCUT2D eigenvalue weighted by Gasteiger charge is 2.21. The van der Waals surface area contributed by atoms with Crippen LogP contribution in [0.5, 0.6) is 11.5 Å². The van der Waals surface area contributed by atoms with Crippen molar-refractivity contribution in [2.24, 2.45) is 0 Å². The fraction of sp³-hybridized carbons (Fsp3) is 0.417. The number of methoxy groups -OCH3 is 1. The SMILES string of the molecule is COc1cccc2c1nc1n2CCN(CCCCOc2ccc3c(c2)NC(=O)CC3)C1. The molecular formula is C24H28N4O3. The number of nitrogens with zero attached hydrogens (tertiary/aromatic N) is 3.